The van der Waals surface area contributed by atoms with E-state index in [0.29, 0.717) is 5.56 Å². The van der Waals surface area contributed by atoms with Crippen molar-refractivity contribution in [3.63, 3.8) is 0 Å². The molecule has 0 saturated heterocycles. The van der Waals surface area contributed by atoms with Crippen LogP contribution in [0.3, 0.4) is 0 Å². The summed E-state index contributed by atoms with van der Waals surface area (Å²) in [6.45, 7) is 0. The molecule has 2 aromatic rings. The van der Waals surface area contributed by atoms with E-state index < -0.39 is 6.10 Å². The maximum atomic E-state index is 12.5. The molecule has 3 atom stereocenters. The molecule has 0 spiro atoms. The molecule has 122 valence electrons. The number of aromatic nitrogens is 1. The molecule has 1 amide bonds. The Hall–Kier alpha value is -1.98. The zero-order valence-electron chi connectivity index (χ0n) is 13.2. The van der Waals surface area contributed by atoms with Gasteiger partial charge in [-0.1, -0.05) is 18.9 Å². The minimum absolute atomic E-state index is 0.170. The van der Waals surface area contributed by atoms with E-state index >= 15 is 0 Å². The van der Waals surface area contributed by atoms with Gasteiger partial charge < -0.3 is 15.2 Å². The number of benzene rings is 1. The number of amides is 1. The number of hydrogen-bond acceptors (Lipinski definition) is 4. The number of rotatable bonds is 3. The van der Waals surface area contributed by atoms with Crippen LogP contribution in [0.1, 0.15) is 36.0 Å². The van der Waals surface area contributed by atoms with E-state index in [-0.39, 0.29) is 18.1 Å². The van der Waals surface area contributed by atoms with Gasteiger partial charge in [0.15, 0.2) is 0 Å². The number of hydrogen-bond donors (Lipinski definition) is 2. The third kappa shape index (κ3) is 3.51. The molecule has 2 N–H and O–H groups in total. The van der Waals surface area contributed by atoms with Gasteiger partial charge in [-0.25, -0.2) is 0 Å². The summed E-state index contributed by atoms with van der Waals surface area (Å²) in [7, 11) is 1.61. The maximum Gasteiger partial charge on any atom is 0.251 e. The fourth-order valence-electron chi connectivity index (χ4n) is 3.19. The van der Waals surface area contributed by atoms with Gasteiger partial charge in [-0.3, -0.25) is 9.78 Å². The molecule has 0 unspecified atom stereocenters. The van der Waals surface area contributed by atoms with Crippen molar-refractivity contribution < 1.29 is 14.6 Å². The van der Waals surface area contributed by atoms with Gasteiger partial charge in [-0.05, 0) is 37.1 Å². The molecule has 1 aromatic carbocycles. The van der Waals surface area contributed by atoms with Gasteiger partial charge >= 0.3 is 0 Å². The molecule has 23 heavy (non-hydrogen) atoms. The maximum absolute atomic E-state index is 12.5. The third-order valence-electron chi connectivity index (χ3n) is 4.53. The first kappa shape index (κ1) is 15.9. The predicted octanol–water partition coefficient (Wildman–Crippen LogP) is 2.28. The van der Waals surface area contributed by atoms with Crippen molar-refractivity contribution in [1.29, 1.82) is 0 Å². The first-order chi connectivity index (χ1) is 11.2. The second kappa shape index (κ2) is 7.06. The number of carbonyl (C=O) groups excluding carboxylic acids is 1. The highest BCUT2D eigenvalue weighted by molar-refractivity contribution is 5.98. The molecular formula is C18H22N2O3. The van der Waals surface area contributed by atoms with Crippen LogP contribution in [-0.4, -0.2) is 41.4 Å². The predicted molar refractivity (Wildman–Crippen MR) is 88.3 cm³/mol. The van der Waals surface area contributed by atoms with Crippen LogP contribution in [0.5, 0.6) is 0 Å². The molecule has 0 bridgehead atoms. The van der Waals surface area contributed by atoms with Gasteiger partial charge in [0, 0.05) is 24.3 Å². The molecule has 3 rings (SSSR count). The molecule has 1 aliphatic rings. The molecule has 1 aliphatic carbocycles. The number of aliphatic hydroxyl groups excluding tert-OH is 1. The van der Waals surface area contributed by atoms with Crippen LogP contribution in [0.2, 0.25) is 0 Å². The number of fused-ring (bicyclic) bond motifs is 1. The van der Waals surface area contributed by atoms with Crippen LogP contribution in [0, 0.1) is 0 Å². The Morgan fingerprint density at radius 3 is 2.96 bits per heavy atom. The van der Waals surface area contributed by atoms with E-state index in [2.05, 4.69) is 10.3 Å². The van der Waals surface area contributed by atoms with Crippen LogP contribution >= 0.6 is 0 Å². The number of ether oxygens (including phenoxy) is 1. The number of nitrogens with one attached hydrogen (secondary N) is 1. The standard InChI is InChI=1S/C18H22N2O3/c1-23-16-7-3-2-6-15(17(16)21)20-18(22)13-8-9-14-12(11-13)5-4-10-19-14/h4-5,8-11,15-17,21H,2-3,6-7H2,1H3,(H,20,22)/t15-,16-,17-/m1/s1. The van der Waals surface area contributed by atoms with Crippen molar-refractivity contribution in [2.75, 3.05) is 7.11 Å². The highest BCUT2D eigenvalue weighted by atomic mass is 16.5. The second-order valence-corrected chi connectivity index (χ2v) is 6.04. The molecule has 1 aromatic heterocycles. The van der Waals surface area contributed by atoms with Crippen LogP contribution < -0.4 is 5.32 Å². The Kier molecular flexibility index (Phi) is 4.88. The van der Waals surface area contributed by atoms with Crippen molar-refractivity contribution in [1.82, 2.24) is 10.3 Å². The Balaban J connectivity index is 1.76. The number of aliphatic hydroxyl groups is 1. The SMILES string of the molecule is CO[C@@H]1CCCC[C@@H](NC(=O)c2ccc3ncccc3c2)[C@H]1O. The molecule has 0 radical (unpaired) electrons. The summed E-state index contributed by atoms with van der Waals surface area (Å²) in [5, 5.41) is 14.3. The summed E-state index contributed by atoms with van der Waals surface area (Å²) >= 11 is 0. The first-order valence-corrected chi connectivity index (χ1v) is 8.05. The van der Waals surface area contributed by atoms with Crippen molar-refractivity contribution >= 4 is 16.8 Å². The number of nitrogens with zero attached hydrogens (tertiary/aromatic N) is 1. The lowest BCUT2D eigenvalue weighted by Gasteiger charge is -2.27. The Morgan fingerprint density at radius 2 is 2.13 bits per heavy atom. The molecule has 5 heteroatoms. The second-order valence-electron chi connectivity index (χ2n) is 6.04. The lowest BCUT2D eigenvalue weighted by molar-refractivity contribution is -0.0277. The highest BCUT2D eigenvalue weighted by Gasteiger charge is 2.31. The lowest BCUT2D eigenvalue weighted by Crippen LogP contribution is -2.48. The largest absolute Gasteiger partial charge is 0.388 e. The van der Waals surface area contributed by atoms with E-state index in [9.17, 15) is 9.90 Å². The van der Waals surface area contributed by atoms with Gasteiger partial charge in [0.1, 0.15) is 6.10 Å². The minimum Gasteiger partial charge on any atom is -0.388 e. The monoisotopic (exact) mass is 314 g/mol. The van der Waals surface area contributed by atoms with Gasteiger partial charge in [0.05, 0.1) is 17.7 Å². The van der Waals surface area contributed by atoms with E-state index in [1.807, 2.05) is 24.3 Å². The Bertz CT molecular complexity index is 689. The van der Waals surface area contributed by atoms with Crippen LogP contribution in [-0.2, 0) is 4.74 Å². The van der Waals surface area contributed by atoms with Crippen LogP contribution in [0.25, 0.3) is 10.9 Å². The number of carbonyl (C=O) groups is 1. The van der Waals surface area contributed by atoms with Gasteiger partial charge in [0.25, 0.3) is 5.91 Å². The van der Waals surface area contributed by atoms with Crippen molar-refractivity contribution in [3.8, 4) is 0 Å². The van der Waals surface area contributed by atoms with Crippen molar-refractivity contribution in [2.24, 2.45) is 0 Å². The van der Waals surface area contributed by atoms with Gasteiger partial charge in [0.2, 0.25) is 0 Å². The first-order valence-electron chi connectivity index (χ1n) is 8.05. The van der Waals surface area contributed by atoms with Crippen molar-refractivity contribution in [2.45, 2.75) is 43.9 Å². The minimum atomic E-state index is -0.673. The smallest absolute Gasteiger partial charge is 0.251 e. The molecule has 5 nitrogen and oxygen atoms in total. The van der Waals surface area contributed by atoms with Crippen LogP contribution in [0.4, 0.5) is 0 Å². The average Bonchev–Trinajstić information content (AvgIpc) is 2.76. The quantitative estimate of drug-likeness (QED) is 0.853. The molecular weight excluding hydrogens is 292 g/mol. The number of pyridine rings is 1. The van der Waals surface area contributed by atoms with Crippen molar-refractivity contribution in [3.05, 3.63) is 42.1 Å². The highest BCUT2D eigenvalue weighted by Crippen LogP contribution is 2.21. The molecule has 0 aliphatic heterocycles. The fourth-order valence-corrected chi connectivity index (χ4v) is 3.19. The molecule has 1 fully saturated rings. The molecule has 1 heterocycles. The van der Waals surface area contributed by atoms with Gasteiger partial charge in [-0.15, -0.1) is 0 Å². The third-order valence-corrected chi connectivity index (χ3v) is 4.53. The average molecular weight is 314 g/mol. The van der Waals surface area contributed by atoms with E-state index in [4.69, 9.17) is 4.74 Å². The Labute approximate surface area is 135 Å². The summed E-state index contributed by atoms with van der Waals surface area (Å²) in [6, 6.07) is 8.93. The summed E-state index contributed by atoms with van der Waals surface area (Å²) in [5.74, 6) is -0.170. The zero-order valence-corrected chi connectivity index (χ0v) is 13.2. The zero-order chi connectivity index (χ0) is 16.2. The summed E-state index contributed by atoms with van der Waals surface area (Å²) in [5.41, 5.74) is 1.44. The van der Waals surface area contributed by atoms with E-state index in [1.54, 1.807) is 19.4 Å². The summed E-state index contributed by atoms with van der Waals surface area (Å²) < 4.78 is 5.35. The number of methoxy groups -OCH3 is 1. The van der Waals surface area contributed by atoms with Gasteiger partial charge in [-0.2, -0.15) is 0 Å². The summed E-state index contributed by atoms with van der Waals surface area (Å²) in [6.07, 6.45) is 4.41. The van der Waals surface area contributed by atoms with E-state index in [1.165, 1.54) is 0 Å². The van der Waals surface area contributed by atoms with E-state index in [0.717, 1.165) is 36.6 Å². The normalized spacial score (nSPS) is 25.0. The lowest BCUT2D eigenvalue weighted by atomic mass is 10.0. The summed E-state index contributed by atoms with van der Waals surface area (Å²) in [4.78, 5) is 16.8. The topological polar surface area (TPSA) is 71.5 Å². The molecule has 1 saturated carbocycles. The van der Waals surface area contributed by atoms with Crippen LogP contribution in [0.15, 0.2) is 36.5 Å². The Morgan fingerprint density at radius 1 is 1.30 bits per heavy atom. The fraction of sp³-hybridized carbons (Fsp3) is 0.444.